The van der Waals surface area contributed by atoms with Crippen molar-refractivity contribution in [3.63, 3.8) is 0 Å². The highest BCUT2D eigenvalue weighted by atomic mass is 35.5. The number of benzene rings is 1. The summed E-state index contributed by atoms with van der Waals surface area (Å²) in [7, 11) is 1.50. The Bertz CT molecular complexity index is 761. The first-order valence-electron chi connectivity index (χ1n) is 8.14. The van der Waals surface area contributed by atoms with E-state index in [1.807, 2.05) is 12.1 Å². The van der Waals surface area contributed by atoms with Crippen LogP contribution in [0.25, 0.3) is 0 Å². The highest BCUT2D eigenvalue weighted by Crippen LogP contribution is 2.27. The predicted octanol–water partition coefficient (Wildman–Crippen LogP) is 2.60. The number of nitrogens with one attached hydrogen (secondary N) is 2. The molecule has 6 nitrogen and oxygen atoms in total. The molecule has 1 fully saturated rings. The number of halogens is 1. The smallest absolute Gasteiger partial charge is 0.258 e. The summed E-state index contributed by atoms with van der Waals surface area (Å²) in [4.78, 5) is 30.1. The van der Waals surface area contributed by atoms with E-state index >= 15 is 0 Å². The Morgan fingerprint density at radius 2 is 2.24 bits per heavy atom. The van der Waals surface area contributed by atoms with E-state index in [2.05, 4.69) is 10.3 Å². The average Bonchev–Trinajstić information content (AvgIpc) is 3.30. The molecule has 0 radical (unpaired) electrons. The third kappa shape index (κ3) is 3.79. The number of carbonyl (C=O) groups excluding carboxylic acids is 2. The zero-order valence-corrected chi connectivity index (χ0v) is 14.7. The summed E-state index contributed by atoms with van der Waals surface area (Å²) in [6.07, 6.45) is 3.23. The van der Waals surface area contributed by atoms with Gasteiger partial charge in [0.1, 0.15) is 11.8 Å². The molecular formula is C18H20ClN3O3. The lowest BCUT2D eigenvalue weighted by molar-refractivity contribution is -0.125. The van der Waals surface area contributed by atoms with Crippen LogP contribution in [-0.4, -0.2) is 41.4 Å². The molecule has 0 saturated carbocycles. The monoisotopic (exact) mass is 361 g/mol. The van der Waals surface area contributed by atoms with Gasteiger partial charge in [-0.25, -0.2) is 0 Å². The van der Waals surface area contributed by atoms with Crippen molar-refractivity contribution in [2.75, 3.05) is 13.7 Å². The van der Waals surface area contributed by atoms with Gasteiger partial charge in [-0.05, 0) is 43.2 Å². The lowest BCUT2D eigenvalue weighted by Gasteiger charge is -2.24. The van der Waals surface area contributed by atoms with E-state index in [9.17, 15) is 9.59 Å². The van der Waals surface area contributed by atoms with Gasteiger partial charge >= 0.3 is 0 Å². The molecule has 25 heavy (non-hydrogen) atoms. The van der Waals surface area contributed by atoms with Gasteiger partial charge in [0.15, 0.2) is 0 Å². The van der Waals surface area contributed by atoms with Crippen LogP contribution in [0.3, 0.4) is 0 Å². The van der Waals surface area contributed by atoms with Gasteiger partial charge in [0.2, 0.25) is 5.91 Å². The van der Waals surface area contributed by atoms with Crippen LogP contribution < -0.4 is 10.1 Å². The minimum Gasteiger partial charge on any atom is -0.496 e. The molecule has 1 aliphatic rings. The summed E-state index contributed by atoms with van der Waals surface area (Å²) < 4.78 is 5.26. The molecule has 132 valence electrons. The molecule has 0 bridgehead atoms. The lowest BCUT2D eigenvalue weighted by atomic mass is 10.1. The number of H-pyrrole nitrogens is 1. The zero-order valence-electron chi connectivity index (χ0n) is 13.9. The standard InChI is InChI=1S/C18H20ClN3O3/c1-25-16-7-6-12(19)10-14(16)18(24)22-9-3-5-15(22)17(23)21-11-13-4-2-8-20-13/h2,4,6-8,10,15,20H,3,5,9,11H2,1H3,(H,21,23). The van der Waals surface area contributed by atoms with Crippen LogP contribution in [-0.2, 0) is 11.3 Å². The van der Waals surface area contributed by atoms with Crippen LogP contribution >= 0.6 is 11.6 Å². The van der Waals surface area contributed by atoms with Crippen molar-refractivity contribution in [1.82, 2.24) is 15.2 Å². The number of methoxy groups -OCH3 is 1. The minimum atomic E-state index is -0.480. The maximum absolute atomic E-state index is 12.9. The molecule has 1 atom stereocenters. The number of rotatable bonds is 5. The van der Waals surface area contributed by atoms with E-state index in [1.165, 1.54) is 7.11 Å². The first kappa shape index (κ1) is 17.4. The molecule has 2 N–H and O–H groups in total. The first-order chi connectivity index (χ1) is 12.1. The van der Waals surface area contributed by atoms with Crippen molar-refractivity contribution in [2.45, 2.75) is 25.4 Å². The van der Waals surface area contributed by atoms with E-state index in [0.29, 0.717) is 35.8 Å². The molecule has 3 rings (SSSR count). The normalized spacial score (nSPS) is 16.7. The summed E-state index contributed by atoms with van der Waals surface area (Å²) >= 11 is 6.02. The Labute approximate surface area is 151 Å². The number of hydrogen-bond acceptors (Lipinski definition) is 3. The third-order valence-electron chi connectivity index (χ3n) is 4.32. The van der Waals surface area contributed by atoms with E-state index < -0.39 is 6.04 Å². The van der Waals surface area contributed by atoms with Crippen LogP contribution in [0.15, 0.2) is 36.5 Å². The van der Waals surface area contributed by atoms with Crippen molar-refractivity contribution < 1.29 is 14.3 Å². The van der Waals surface area contributed by atoms with E-state index in [1.54, 1.807) is 29.3 Å². The van der Waals surface area contributed by atoms with Crippen molar-refractivity contribution in [2.24, 2.45) is 0 Å². The Kier molecular flexibility index (Phi) is 5.28. The van der Waals surface area contributed by atoms with Gasteiger partial charge in [-0.15, -0.1) is 0 Å². The molecule has 0 aliphatic carbocycles. The van der Waals surface area contributed by atoms with Gasteiger partial charge in [-0.1, -0.05) is 11.6 Å². The fourth-order valence-corrected chi connectivity index (χ4v) is 3.23. The molecule has 1 aromatic carbocycles. The topological polar surface area (TPSA) is 74.4 Å². The largest absolute Gasteiger partial charge is 0.496 e. The van der Waals surface area contributed by atoms with Crippen LogP contribution in [0.4, 0.5) is 0 Å². The Morgan fingerprint density at radius 1 is 1.40 bits per heavy atom. The van der Waals surface area contributed by atoms with Crippen LogP contribution in [0.5, 0.6) is 5.75 Å². The second-order valence-electron chi connectivity index (χ2n) is 5.91. The number of nitrogens with zero attached hydrogens (tertiary/aromatic N) is 1. The molecule has 2 heterocycles. The molecule has 0 spiro atoms. The Morgan fingerprint density at radius 3 is 2.96 bits per heavy atom. The number of carbonyl (C=O) groups is 2. The zero-order chi connectivity index (χ0) is 17.8. The maximum Gasteiger partial charge on any atom is 0.258 e. The average molecular weight is 362 g/mol. The van der Waals surface area contributed by atoms with E-state index in [4.69, 9.17) is 16.3 Å². The van der Waals surface area contributed by atoms with Gasteiger partial charge in [0.05, 0.1) is 19.2 Å². The van der Waals surface area contributed by atoms with Gasteiger partial charge < -0.3 is 19.9 Å². The number of amides is 2. The number of hydrogen-bond donors (Lipinski definition) is 2. The summed E-state index contributed by atoms with van der Waals surface area (Å²) in [5.74, 6) is 0.0603. The first-order valence-corrected chi connectivity index (χ1v) is 8.52. The second kappa shape index (κ2) is 7.61. The summed E-state index contributed by atoms with van der Waals surface area (Å²) in [5, 5.41) is 3.34. The highest BCUT2D eigenvalue weighted by molar-refractivity contribution is 6.31. The number of aromatic nitrogens is 1. The molecular weight excluding hydrogens is 342 g/mol. The van der Waals surface area contributed by atoms with Crippen molar-refractivity contribution in [3.8, 4) is 5.75 Å². The predicted molar refractivity (Wildman–Crippen MR) is 94.7 cm³/mol. The number of likely N-dealkylation sites (tertiary alicyclic amines) is 1. The molecule has 2 aromatic rings. The van der Waals surface area contributed by atoms with Gasteiger partial charge in [-0.2, -0.15) is 0 Å². The summed E-state index contributed by atoms with van der Waals surface area (Å²) in [6.45, 7) is 0.944. The van der Waals surface area contributed by atoms with Crippen LogP contribution in [0.2, 0.25) is 5.02 Å². The maximum atomic E-state index is 12.9. The second-order valence-corrected chi connectivity index (χ2v) is 6.35. The summed E-state index contributed by atoms with van der Waals surface area (Å²) in [5.41, 5.74) is 1.29. The van der Waals surface area contributed by atoms with Crippen LogP contribution in [0.1, 0.15) is 28.9 Å². The minimum absolute atomic E-state index is 0.151. The van der Waals surface area contributed by atoms with Crippen molar-refractivity contribution in [3.05, 3.63) is 52.8 Å². The van der Waals surface area contributed by atoms with E-state index in [-0.39, 0.29) is 11.8 Å². The highest BCUT2D eigenvalue weighted by Gasteiger charge is 2.35. The fraction of sp³-hybridized carbons (Fsp3) is 0.333. The lowest BCUT2D eigenvalue weighted by Crippen LogP contribution is -2.45. The molecule has 1 aromatic heterocycles. The van der Waals surface area contributed by atoms with Gasteiger partial charge in [0, 0.05) is 23.5 Å². The third-order valence-corrected chi connectivity index (χ3v) is 4.56. The molecule has 7 heteroatoms. The summed E-state index contributed by atoms with van der Waals surface area (Å²) in [6, 6.07) is 8.20. The number of aromatic amines is 1. The van der Waals surface area contributed by atoms with Crippen molar-refractivity contribution in [1.29, 1.82) is 0 Å². The fourth-order valence-electron chi connectivity index (χ4n) is 3.06. The van der Waals surface area contributed by atoms with Crippen LogP contribution in [0, 0.1) is 0 Å². The van der Waals surface area contributed by atoms with Gasteiger partial charge in [-0.3, -0.25) is 9.59 Å². The molecule has 1 saturated heterocycles. The molecule has 1 aliphatic heterocycles. The van der Waals surface area contributed by atoms with E-state index in [0.717, 1.165) is 12.1 Å². The number of ether oxygens (including phenoxy) is 1. The van der Waals surface area contributed by atoms with Gasteiger partial charge in [0.25, 0.3) is 5.91 Å². The molecule has 1 unspecified atom stereocenters. The molecule has 2 amide bonds. The SMILES string of the molecule is COc1ccc(Cl)cc1C(=O)N1CCCC1C(=O)NCc1ccc[nH]1. The van der Waals surface area contributed by atoms with Crippen molar-refractivity contribution >= 4 is 23.4 Å². The Balaban J connectivity index is 1.73. The Hall–Kier alpha value is -2.47. The quantitative estimate of drug-likeness (QED) is 0.859.